The number of piperazine rings is 1. The largest absolute Gasteiger partial charge is 0.442 e. The number of carbonyl (C=O) groups is 1. The van der Waals surface area contributed by atoms with Crippen molar-refractivity contribution in [1.29, 1.82) is 0 Å². The standard InChI is InChI=1S/C14H17F3N2O2/c1-10(21-13(20)19-7-5-18-6-8-19)11-3-2-4-12(9-11)14(15,16)17/h2-4,9-10,18H,5-8H2,1H3. The van der Waals surface area contributed by atoms with Crippen LogP contribution in [-0.4, -0.2) is 37.2 Å². The first-order valence-corrected chi connectivity index (χ1v) is 6.71. The zero-order chi connectivity index (χ0) is 15.5. The second-order valence-electron chi connectivity index (χ2n) is 4.89. The van der Waals surface area contributed by atoms with Crippen LogP contribution in [0.25, 0.3) is 0 Å². The maximum Gasteiger partial charge on any atom is 0.416 e. The van der Waals surface area contributed by atoms with E-state index >= 15 is 0 Å². The second-order valence-corrected chi connectivity index (χ2v) is 4.89. The minimum Gasteiger partial charge on any atom is -0.442 e. The Labute approximate surface area is 120 Å². The molecule has 1 heterocycles. The lowest BCUT2D eigenvalue weighted by atomic mass is 10.1. The monoisotopic (exact) mass is 302 g/mol. The quantitative estimate of drug-likeness (QED) is 0.913. The molecule has 1 saturated heterocycles. The van der Waals surface area contributed by atoms with E-state index in [0.717, 1.165) is 12.1 Å². The van der Waals surface area contributed by atoms with Gasteiger partial charge in [0.1, 0.15) is 6.10 Å². The minimum absolute atomic E-state index is 0.327. The number of carbonyl (C=O) groups excluding carboxylic acids is 1. The van der Waals surface area contributed by atoms with Crippen LogP contribution < -0.4 is 5.32 Å². The third-order valence-electron chi connectivity index (χ3n) is 3.34. The molecule has 7 heteroatoms. The molecule has 21 heavy (non-hydrogen) atoms. The number of hydrogen-bond donors (Lipinski definition) is 1. The number of ether oxygens (including phenoxy) is 1. The topological polar surface area (TPSA) is 41.6 Å². The van der Waals surface area contributed by atoms with Gasteiger partial charge in [-0.2, -0.15) is 13.2 Å². The van der Waals surface area contributed by atoms with Crippen molar-refractivity contribution >= 4 is 6.09 Å². The molecule has 1 N–H and O–H groups in total. The van der Waals surface area contributed by atoms with Gasteiger partial charge in [0.05, 0.1) is 5.56 Å². The van der Waals surface area contributed by atoms with Crippen LogP contribution in [0, 0.1) is 0 Å². The fraction of sp³-hybridized carbons (Fsp3) is 0.500. The number of halogens is 3. The summed E-state index contributed by atoms with van der Waals surface area (Å²) in [4.78, 5) is 13.5. The lowest BCUT2D eigenvalue weighted by Crippen LogP contribution is -2.46. The molecule has 1 fully saturated rings. The molecule has 1 unspecified atom stereocenters. The van der Waals surface area contributed by atoms with Crippen LogP contribution in [-0.2, 0) is 10.9 Å². The van der Waals surface area contributed by atoms with E-state index in [9.17, 15) is 18.0 Å². The number of benzene rings is 1. The molecule has 0 bridgehead atoms. The zero-order valence-electron chi connectivity index (χ0n) is 11.6. The predicted molar refractivity (Wildman–Crippen MR) is 70.8 cm³/mol. The highest BCUT2D eigenvalue weighted by atomic mass is 19.4. The molecule has 4 nitrogen and oxygen atoms in total. The van der Waals surface area contributed by atoms with E-state index in [-0.39, 0.29) is 0 Å². The van der Waals surface area contributed by atoms with E-state index in [1.54, 1.807) is 11.8 Å². The van der Waals surface area contributed by atoms with Crippen LogP contribution in [0.5, 0.6) is 0 Å². The molecule has 0 saturated carbocycles. The molecular weight excluding hydrogens is 285 g/mol. The Bertz CT molecular complexity index is 499. The smallest absolute Gasteiger partial charge is 0.416 e. The van der Waals surface area contributed by atoms with Crippen molar-refractivity contribution in [2.75, 3.05) is 26.2 Å². The molecule has 0 radical (unpaired) electrons. The molecule has 0 aliphatic carbocycles. The molecule has 116 valence electrons. The fourth-order valence-corrected chi connectivity index (χ4v) is 2.11. The highest BCUT2D eigenvalue weighted by Crippen LogP contribution is 2.31. The summed E-state index contributed by atoms with van der Waals surface area (Å²) in [6.07, 6.45) is -5.63. The summed E-state index contributed by atoms with van der Waals surface area (Å²) in [5.74, 6) is 0. The van der Waals surface area contributed by atoms with Gasteiger partial charge in [-0.3, -0.25) is 0 Å². The Morgan fingerprint density at radius 3 is 2.62 bits per heavy atom. The molecule has 1 aromatic rings. The molecule has 2 rings (SSSR count). The van der Waals surface area contributed by atoms with Crippen LogP contribution in [0.1, 0.15) is 24.2 Å². The van der Waals surface area contributed by atoms with Gasteiger partial charge in [0.25, 0.3) is 0 Å². The van der Waals surface area contributed by atoms with Crippen LogP contribution in [0.2, 0.25) is 0 Å². The van der Waals surface area contributed by atoms with E-state index in [0.29, 0.717) is 31.7 Å². The molecule has 0 spiro atoms. The summed E-state index contributed by atoms with van der Waals surface area (Å²) in [6, 6.07) is 4.84. The zero-order valence-corrected chi connectivity index (χ0v) is 11.6. The van der Waals surface area contributed by atoms with E-state index in [4.69, 9.17) is 4.74 Å². The highest BCUT2D eigenvalue weighted by Gasteiger charge is 2.31. The number of amides is 1. The summed E-state index contributed by atoms with van der Waals surface area (Å²) >= 11 is 0. The van der Waals surface area contributed by atoms with Crippen molar-refractivity contribution in [2.45, 2.75) is 19.2 Å². The van der Waals surface area contributed by atoms with Gasteiger partial charge < -0.3 is 15.0 Å². The maximum atomic E-state index is 12.7. The van der Waals surface area contributed by atoms with Gasteiger partial charge in [-0.1, -0.05) is 12.1 Å². The number of hydrogen-bond acceptors (Lipinski definition) is 3. The number of nitrogens with zero attached hydrogens (tertiary/aromatic N) is 1. The van der Waals surface area contributed by atoms with Gasteiger partial charge in [0.15, 0.2) is 0 Å². The average Bonchev–Trinajstić information content (AvgIpc) is 2.47. The molecule has 1 aromatic carbocycles. The Kier molecular flexibility index (Phi) is 4.72. The van der Waals surface area contributed by atoms with Crippen LogP contribution in [0.15, 0.2) is 24.3 Å². The normalized spacial score (nSPS) is 17.4. The fourth-order valence-electron chi connectivity index (χ4n) is 2.11. The highest BCUT2D eigenvalue weighted by molar-refractivity contribution is 5.68. The first-order chi connectivity index (χ1) is 9.88. The Morgan fingerprint density at radius 2 is 2.00 bits per heavy atom. The van der Waals surface area contributed by atoms with Gasteiger partial charge in [0, 0.05) is 26.2 Å². The summed E-state index contributed by atoms with van der Waals surface area (Å²) < 4.78 is 43.2. The van der Waals surface area contributed by atoms with Crippen LogP contribution in [0.4, 0.5) is 18.0 Å². The minimum atomic E-state index is -4.40. The SMILES string of the molecule is CC(OC(=O)N1CCNCC1)c1cccc(C(F)(F)F)c1. The van der Waals surface area contributed by atoms with Gasteiger partial charge in [-0.25, -0.2) is 4.79 Å². The lowest BCUT2D eigenvalue weighted by molar-refractivity contribution is -0.137. The van der Waals surface area contributed by atoms with Gasteiger partial charge in [-0.15, -0.1) is 0 Å². The van der Waals surface area contributed by atoms with Crippen molar-refractivity contribution in [3.63, 3.8) is 0 Å². The summed E-state index contributed by atoms with van der Waals surface area (Å²) in [5, 5.41) is 3.10. The van der Waals surface area contributed by atoms with Crippen molar-refractivity contribution in [3.8, 4) is 0 Å². The molecule has 0 aromatic heterocycles. The van der Waals surface area contributed by atoms with Gasteiger partial charge in [-0.05, 0) is 24.6 Å². The summed E-state index contributed by atoms with van der Waals surface area (Å²) in [7, 11) is 0. The third kappa shape index (κ3) is 4.10. The molecule has 1 atom stereocenters. The number of rotatable bonds is 2. The van der Waals surface area contributed by atoms with Crippen molar-refractivity contribution in [2.24, 2.45) is 0 Å². The van der Waals surface area contributed by atoms with Crippen molar-refractivity contribution < 1.29 is 22.7 Å². The van der Waals surface area contributed by atoms with Crippen LogP contribution in [0.3, 0.4) is 0 Å². The molecule has 1 aliphatic rings. The third-order valence-corrected chi connectivity index (χ3v) is 3.34. The van der Waals surface area contributed by atoms with Gasteiger partial charge >= 0.3 is 12.3 Å². The first kappa shape index (κ1) is 15.6. The van der Waals surface area contributed by atoms with E-state index < -0.39 is 23.9 Å². The maximum absolute atomic E-state index is 12.7. The van der Waals surface area contributed by atoms with E-state index in [1.807, 2.05) is 0 Å². The average molecular weight is 302 g/mol. The van der Waals surface area contributed by atoms with E-state index in [2.05, 4.69) is 5.32 Å². The summed E-state index contributed by atoms with van der Waals surface area (Å²) in [5.41, 5.74) is -0.418. The van der Waals surface area contributed by atoms with E-state index in [1.165, 1.54) is 12.1 Å². The lowest BCUT2D eigenvalue weighted by Gasteiger charge is -2.28. The van der Waals surface area contributed by atoms with Crippen molar-refractivity contribution in [3.05, 3.63) is 35.4 Å². The van der Waals surface area contributed by atoms with Crippen LogP contribution >= 0.6 is 0 Å². The Balaban J connectivity index is 2.02. The Morgan fingerprint density at radius 1 is 1.33 bits per heavy atom. The predicted octanol–water partition coefficient (Wildman–Crippen LogP) is 2.81. The second kappa shape index (κ2) is 6.34. The van der Waals surface area contributed by atoms with Crippen molar-refractivity contribution in [1.82, 2.24) is 10.2 Å². The molecule has 1 aliphatic heterocycles. The number of alkyl halides is 3. The molecular formula is C14H17F3N2O2. The van der Waals surface area contributed by atoms with Gasteiger partial charge in [0.2, 0.25) is 0 Å². The number of nitrogens with one attached hydrogen (secondary N) is 1. The Hall–Kier alpha value is -1.76. The molecule has 1 amide bonds. The summed E-state index contributed by atoms with van der Waals surface area (Å²) in [6.45, 7) is 4.01. The first-order valence-electron chi connectivity index (χ1n) is 6.71.